The zero-order chi connectivity index (χ0) is 28.7. The first-order chi connectivity index (χ1) is 19.2. The molecule has 1 saturated heterocycles. The maximum Gasteiger partial charge on any atom is 0.412 e. The van der Waals surface area contributed by atoms with Gasteiger partial charge in [0.15, 0.2) is 6.29 Å². The van der Waals surface area contributed by atoms with Gasteiger partial charge in [-0.3, -0.25) is 5.32 Å². The Morgan fingerprint density at radius 2 is 1.85 bits per heavy atom. The Morgan fingerprint density at radius 1 is 1.15 bits per heavy atom. The second kappa shape index (κ2) is 12.7. The molecule has 1 amide bonds. The summed E-state index contributed by atoms with van der Waals surface area (Å²) in [5.74, 6) is 0.744. The van der Waals surface area contributed by atoms with Gasteiger partial charge in [-0.1, -0.05) is 35.5 Å². The van der Waals surface area contributed by atoms with Gasteiger partial charge in [0.25, 0.3) is 0 Å². The molecule has 1 unspecified atom stereocenters. The number of oxime groups is 1. The molecule has 40 heavy (non-hydrogen) atoms. The molecular formula is C28H35N7O5. The highest BCUT2D eigenvalue weighted by Crippen LogP contribution is 2.31. The number of aromatic nitrogens is 2. The van der Waals surface area contributed by atoms with Crippen LogP contribution in [0, 0.1) is 0 Å². The molecule has 1 atom stereocenters. The smallest absolute Gasteiger partial charge is 0.412 e. The maximum absolute atomic E-state index is 12.5. The van der Waals surface area contributed by atoms with Gasteiger partial charge in [0.1, 0.15) is 11.4 Å². The van der Waals surface area contributed by atoms with Crippen molar-refractivity contribution < 1.29 is 24.2 Å². The van der Waals surface area contributed by atoms with Gasteiger partial charge in [-0.25, -0.2) is 19.8 Å². The number of hydrogen-bond acceptors (Lipinski definition) is 11. The number of amides is 1. The monoisotopic (exact) mass is 549 g/mol. The van der Waals surface area contributed by atoms with Crippen LogP contribution in [-0.2, 0) is 14.2 Å². The lowest BCUT2D eigenvalue weighted by Crippen LogP contribution is -2.51. The fraction of sp³-hybridized carbons (Fsp3) is 0.357. The van der Waals surface area contributed by atoms with Crippen molar-refractivity contribution in [1.82, 2.24) is 15.0 Å². The van der Waals surface area contributed by atoms with Crippen LogP contribution in [0.5, 0.6) is 0 Å². The number of carbonyl (C=O) groups is 1. The molecule has 12 heteroatoms. The molecule has 3 aromatic rings. The zero-order valence-corrected chi connectivity index (χ0v) is 23.3. The van der Waals surface area contributed by atoms with E-state index in [2.05, 4.69) is 25.8 Å². The topological polar surface area (TPSA) is 134 Å². The number of ether oxygens (including phenoxy) is 3. The molecule has 0 bridgehead atoms. The first-order valence-corrected chi connectivity index (χ1v) is 12.8. The number of anilines is 5. The van der Waals surface area contributed by atoms with Gasteiger partial charge in [0.05, 0.1) is 41.5 Å². The molecule has 0 aliphatic carbocycles. The third-order valence-corrected chi connectivity index (χ3v) is 5.88. The highest BCUT2D eigenvalue weighted by Gasteiger charge is 2.29. The van der Waals surface area contributed by atoms with E-state index in [0.29, 0.717) is 54.1 Å². The van der Waals surface area contributed by atoms with Crippen LogP contribution in [0.1, 0.15) is 33.3 Å². The number of para-hydroxylation sites is 3. The molecule has 3 N–H and O–H groups in total. The second-order valence-corrected chi connectivity index (χ2v) is 10.0. The molecule has 0 radical (unpaired) electrons. The largest absolute Gasteiger partial charge is 0.444 e. The summed E-state index contributed by atoms with van der Waals surface area (Å²) in [7, 11) is 1.61. The Kier molecular flexibility index (Phi) is 9.15. The van der Waals surface area contributed by atoms with E-state index in [9.17, 15) is 10.0 Å². The van der Waals surface area contributed by atoms with Crippen molar-refractivity contribution >= 4 is 40.6 Å². The molecule has 1 aliphatic rings. The molecule has 4 rings (SSSR count). The van der Waals surface area contributed by atoms with Gasteiger partial charge >= 0.3 is 6.09 Å². The van der Waals surface area contributed by atoms with Crippen molar-refractivity contribution in [2.45, 2.75) is 39.6 Å². The summed E-state index contributed by atoms with van der Waals surface area (Å²) in [6, 6.07) is 16.9. The summed E-state index contributed by atoms with van der Waals surface area (Å²) < 4.78 is 16.6. The fourth-order valence-electron chi connectivity index (χ4n) is 4.04. The van der Waals surface area contributed by atoms with E-state index in [-0.39, 0.29) is 0 Å². The van der Waals surface area contributed by atoms with Crippen LogP contribution >= 0.6 is 0 Å². The number of morpholine rings is 1. The van der Waals surface area contributed by atoms with Gasteiger partial charge in [-0.15, -0.1) is 0 Å². The average molecular weight is 550 g/mol. The van der Waals surface area contributed by atoms with Gasteiger partial charge in [-0.2, -0.15) is 4.98 Å². The molecule has 2 aromatic carbocycles. The molecule has 0 spiro atoms. The van der Waals surface area contributed by atoms with Crippen LogP contribution in [0.4, 0.5) is 33.6 Å². The van der Waals surface area contributed by atoms with Crippen LogP contribution in [0.3, 0.4) is 0 Å². The Hall–Kier alpha value is -4.26. The number of rotatable bonds is 8. The third-order valence-electron chi connectivity index (χ3n) is 5.88. The summed E-state index contributed by atoms with van der Waals surface area (Å²) >= 11 is 0. The van der Waals surface area contributed by atoms with E-state index in [1.807, 2.05) is 41.4 Å². The van der Waals surface area contributed by atoms with E-state index >= 15 is 0 Å². The molecule has 212 valence electrons. The number of carbonyl (C=O) groups excluding carboxylic acids is 1. The SMILES string of the molecule is COC1CN(N(c2ccccc2)c2ncc(C(C)=NO)c(Nc3ccccc3NC(=O)OC(C)(C)C)n2)CCO1. The highest BCUT2D eigenvalue weighted by atomic mass is 16.7. The summed E-state index contributed by atoms with van der Waals surface area (Å²) in [5.41, 5.74) is 2.02. The summed E-state index contributed by atoms with van der Waals surface area (Å²) in [5, 5.41) is 23.0. The van der Waals surface area contributed by atoms with Crippen LogP contribution < -0.4 is 15.6 Å². The Morgan fingerprint density at radius 3 is 2.52 bits per heavy atom. The summed E-state index contributed by atoms with van der Waals surface area (Å²) in [6.07, 6.45) is 0.591. The number of benzene rings is 2. The molecule has 1 aromatic heterocycles. The summed E-state index contributed by atoms with van der Waals surface area (Å²) in [6.45, 7) is 8.54. The first kappa shape index (κ1) is 28.7. The van der Waals surface area contributed by atoms with Gasteiger partial charge in [-0.05, 0) is 52.0 Å². The van der Waals surface area contributed by atoms with Crippen molar-refractivity contribution in [3.63, 3.8) is 0 Å². The number of methoxy groups -OCH3 is 1. The van der Waals surface area contributed by atoms with E-state index in [1.54, 1.807) is 59.2 Å². The Balaban J connectivity index is 1.74. The van der Waals surface area contributed by atoms with Crippen molar-refractivity contribution in [1.29, 1.82) is 0 Å². The Bertz CT molecular complexity index is 1330. The average Bonchev–Trinajstić information content (AvgIpc) is 2.94. The van der Waals surface area contributed by atoms with Crippen molar-refractivity contribution in [3.8, 4) is 0 Å². The lowest BCUT2D eigenvalue weighted by molar-refractivity contribution is -0.164. The molecule has 0 saturated carbocycles. The second-order valence-electron chi connectivity index (χ2n) is 10.0. The standard InChI is InChI=1S/C28H35N7O5/c1-19(33-37)21-17-29-26(35(20-11-7-6-8-12-20)34-15-16-39-24(18-34)38-5)32-25(21)30-22-13-9-10-14-23(22)31-27(36)40-28(2,3)4/h6-14,17,24,37H,15-16,18H2,1-5H3,(H,31,36)(H,29,30,32). The van der Waals surface area contributed by atoms with E-state index in [0.717, 1.165) is 5.69 Å². The molecular weight excluding hydrogens is 514 g/mol. The predicted molar refractivity (Wildman–Crippen MR) is 153 cm³/mol. The van der Waals surface area contributed by atoms with Gasteiger partial charge < -0.3 is 24.7 Å². The Labute approximate surface area is 233 Å². The minimum Gasteiger partial charge on any atom is -0.444 e. The van der Waals surface area contributed by atoms with Crippen LogP contribution in [0.25, 0.3) is 0 Å². The molecule has 2 heterocycles. The minimum atomic E-state index is -0.655. The quantitative estimate of drug-likeness (QED) is 0.197. The van der Waals surface area contributed by atoms with Crippen LogP contribution in [0.2, 0.25) is 0 Å². The van der Waals surface area contributed by atoms with E-state index < -0.39 is 18.0 Å². The summed E-state index contributed by atoms with van der Waals surface area (Å²) in [4.78, 5) is 22.0. The fourth-order valence-corrected chi connectivity index (χ4v) is 4.04. The first-order valence-electron chi connectivity index (χ1n) is 12.8. The minimum absolute atomic E-state index is 0.309. The highest BCUT2D eigenvalue weighted by molar-refractivity contribution is 6.03. The van der Waals surface area contributed by atoms with Crippen molar-refractivity contribution in [2.24, 2.45) is 5.16 Å². The molecule has 1 fully saturated rings. The van der Waals surface area contributed by atoms with Gasteiger partial charge in [0.2, 0.25) is 5.95 Å². The number of nitrogens with one attached hydrogen (secondary N) is 2. The molecule has 12 nitrogen and oxygen atoms in total. The third kappa shape index (κ3) is 7.23. The number of nitrogens with zero attached hydrogens (tertiary/aromatic N) is 5. The van der Waals surface area contributed by atoms with Crippen molar-refractivity contribution in [3.05, 3.63) is 66.4 Å². The number of hydrogen-bond donors (Lipinski definition) is 3. The van der Waals surface area contributed by atoms with Crippen molar-refractivity contribution in [2.75, 3.05) is 42.4 Å². The van der Waals surface area contributed by atoms with Crippen LogP contribution in [0.15, 0.2) is 65.9 Å². The lowest BCUT2D eigenvalue weighted by Gasteiger charge is -2.39. The maximum atomic E-state index is 12.5. The normalized spacial score (nSPS) is 16.3. The van der Waals surface area contributed by atoms with E-state index in [4.69, 9.17) is 19.2 Å². The number of hydrazine groups is 1. The predicted octanol–water partition coefficient (Wildman–Crippen LogP) is 5.12. The lowest BCUT2D eigenvalue weighted by atomic mass is 10.2. The van der Waals surface area contributed by atoms with E-state index in [1.165, 1.54) is 0 Å². The van der Waals surface area contributed by atoms with Crippen LogP contribution in [-0.4, -0.2) is 70.7 Å². The van der Waals surface area contributed by atoms with Gasteiger partial charge in [0, 0.05) is 19.9 Å². The zero-order valence-electron chi connectivity index (χ0n) is 23.3. The molecule has 1 aliphatic heterocycles.